The van der Waals surface area contributed by atoms with Crippen LogP contribution in [0, 0.1) is 5.82 Å². The van der Waals surface area contributed by atoms with Crippen LogP contribution in [0.1, 0.15) is 32.3 Å². The molecule has 0 unspecified atom stereocenters. The Bertz CT molecular complexity index is 1900. The van der Waals surface area contributed by atoms with Crippen LogP contribution in [0.15, 0.2) is 46.3 Å². The quantitative estimate of drug-likeness (QED) is 0.321. The van der Waals surface area contributed by atoms with Crippen LogP contribution in [0.4, 0.5) is 16.0 Å². The summed E-state index contributed by atoms with van der Waals surface area (Å²) >= 11 is 1.08. The number of piperazine rings is 1. The van der Waals surface area contributed by atoms with E-state index in [1.165, 1.54) is 23.8 Å². The lowest BCUT2D eigenvalue weighted by Gasteiger charge is -2.40. The highest BCUT2D eigenvalue weighted by molar-refractivity contribution is 7.90. The molecule has 0 radical (unpaired) electrons. The maximum atomic E-state index is 15.8. The van der Waals surface area contributed by atoms with Crippen LogP contribution < -0.4 is 16.3 Å². The minimum Gasteiger partial charge on any atom is -0.382 e. The summed E-state index contributed by atoms with van der Waals surface area (Å²) < 4.78 is 42.7. The minimum atomic E-state index is -3.93. The van der Waals surface area contributed by atoms with Gasteiger partial charge in [-0.15, -0.1) is 11.3 Å². The van der Waals surface area contributed by atoms with Crippen molar-refractivity contribution in [3.63, 3.8) is 0 Å². The van der Waals surface area contributed by atoms with Crippen LogP contribution in [-0.4, -0.2) is 75.7 Å². The number of hydrogen-bond donors (Lipinski definition) is 1. The van der Waals surface area contributed by atoms with E-state index in [-0.39, 0.29) is 61.8 Å². The molecular formula is C27H29FN8O4S2. The summed E-state index contributed by atoms with van der Waals surface area (Å²) in [6.45, 7) is 10.1. The van der Waals surface area contributed by atoms with Gasteiger partial charge in [-0.3, -0.25) is 4.79 Å². The van der Waals surface area contributed by atoms with Crippen molar-refractivity contribution in [1.29, 1.82) is 0 Å². The monoisotopic (exact) mass is 612 g/mol. The number of anilines is 2. The fourth-order valence-corrected chi connectivity index (χ4v) is 6.64. The van der Waals surface area contributed by atoms with E-state index >= 15 is 4.39 Å². The van der Waals surface area contributed by atoms with Crippen LogP contribution in [0.25, 0.3) is 27.3 Å². The number of sulfone groups is 1. The summed E-state index contributed by atoms with van der Waals surface area (Å²) in [5.41, 5.74) is 6.98. The number of pyridine rings is 2. The number of halogens is 1. The first-order chi connectivity index (χ1) is 19.8. The van der Waals surface area contributed by atoms with Crippen LogP contribution in [0.5, 0.6) is 0 Å². The Balaban J connectivity index is 1.87. The number of thiazole rings is 1. The van der Waals surface area contributed by atoms with E-state index in [4.69, 9.17) is 5.73 Å². The van der Waals surface area contributed by atoms with Crippen molar-refractivity contribution in [2.24, 2.45) is 0 Å². The Kier molecular flexibility index (Phi) is 7.57. The molecule has 0 bridgehead atoms. The number of aromatic nitrogens is 5. The number of nitrogen functional groups attached to an aromatic ring is 1. The van der Waals surface area contributed by atoms with Gasteiger partial charge in [0.2, 0.25) is 5.91 Å². The molecule has 0 aliphatic carbocycles. The average Bonchev–Trinajstić information content (AvgIpc) is 3.36. The maximum absolute atomic E-state index is 15.8. The SMILES string of the molecule is C=CC(=O)N1CCN(c2nc(=O)n(-c3c(C(C)C)ccnc3S(C)(=O)=O)c3nc(-c4scnc4N)c(F)cc23)[C@@H](C)C1. The first-order valence-electron chi connectivity index (χ1n) is 13.0. The van der Waals surface area contributed by atoms with Gasteiger partial charge < -0.3 is 15.5 Å². The highest BCUT2D eigenvalue weighted by Gasteiger charge is 2.32. The van der Waals surface area contributed by atoms with Gasteiger partial charge in [-0.2, -0.15) is 4.98 Å². The Labute approximate surface area is 245 Å². The van der Waals surface area contributed by atoms with Gasteiger partial charge in [0.25, 0.3) is 0 Å². The summed E-state index contributed by atoms with van der Waals surface area (Å²) in [6, 6.07) is 2.55. The second kappa shape index (κ2) is 10.9. The number of rotatable bonds is 6. The molecule has 1 aliphatic rings. The molecule has 1 fully saturated rings. The normalized spacial score (nSPS) is 15.9. The van der Waals surface area contributed by atoms with Crippen LogP contribution in [-0.2, 0) is 14.6 Å². The summed E-state index contributed by atoms with van der Waals surface area (Å²) in [5.74, 6) is -0.946. The van der Waals surface area contributed by atoms with E-state index in [1.807, 2.05) is 25.7 Å². The molecule has 0 spiro atoms. The second-order valence-corrected chi connectivity index (χ2v) is 13.1. The molecule has 220 valence electrons. The molecule has 1 atom stereocenters. The molecule has 1 saturated heterocycles. The van der Waals surface area contributed by atoms with E-state index in [0.717, 1.165) is 22.2 Å². The van der Waals surface area contributed by atoms with Gasteiger partial charge in [0.15, 0.2) is 26.3 Å². The highest BCUT2D eigenvalue weighted by Crippen LogP contribution is 2.36. The van der Waals surface area contributed by atoms with Gasteiger partial charge >= 0.3 is 5.69 Å². The van der Waals surface area contributed by atoms with E-state index < -0.39 is 21.3 Å². The maximum Gasteiger partial charge on any atom is 0.355 e. The van der Waals surface area contributed by atoms with Crippen LogP contribution in [0.2, 0.25) is 0 Å². The number of carbonyl (C=O) groups is 1. The minimum absolute atomic E-state index is 0.000771. The molecule has 2 N–H and O–H groups in total. The van der Waals surface area contributed by atoms with Crippen LogP contribution >= 0.6 is 11.3 Å². The molecule has 0 saturated carbocycles. The van der Waals surface area contributed by atoms with Gasteiger partial charge in [0.05, 0.1) is 21.5 Å². The van der Waals surface area contributed by atoms with Crippen molar-refractivity contribution < 1.29 is 17.6 Å². The van der Waals surface area contributed by atoms with Crippen molar-refractivity contribution in [1.82, 2.24) is 29.4 Å². The highest BCUT2D eigenvalue weighted by atomic mass is 32.2. The number of carbonyl (C=O) groups excluding carboxylic acids is 1. The molecule has 1 amide bonds. The lowest BCUT2D eigenvalue weighted by Crippen LogP contribution is -2.54. The van der Waals surface area contributed by atoms with Crippen molar-refractivity contribution in [3.8, 4) is 16.3 Å². The molecule has 5 heterocycles. The number of nitrogens with two attached hydrogens (primary N) is 1. The standard InChI is InChI=1S/C27H29FN8O4S2/c1-6-19(37)34-9-10-35(15(4)12-34)24-17-11-18(28)20(22-23(29)31-13-41-22)32-25(17)36(27(38)33-24)21-16(14(2)3)7-8-30-26(21)42(5,39)40/h6-8,11,13-15H,1,9-10,12,29H2,2-5H3/t15-/m0/s1. The molecule has 5 rings (SSSR count). The molecule has 15 heteroatoms. The lowest BCUT2D eigenvalue weighted by atomic mass is 10.0. The van der Waals surface area contributed by atoms with Crippen molar-refractivity contribution >= 4 is 49.8 Å². The fraction of sp³-hybridized carbons (Fsp3) is 0.333. The van der Waals surface area contributed by atoms with Crippen molar-refractivity contribution in [3.05, 3.63) is 58.4 Å². The molecule has 12 nitrogen and oxygen atoms in total. The first-order valence-corrected chi connectivity index (χ1v) is 15.8. The Hall–Kier alpha value is -4.24. The molecule has 0 aromatic carbocycles. The number of fused-ring (bicyclic) bond motifs is 1. The third-order valence-corrected chi connectivity index (χ3v) is 8.97. The van der Waals surface area contributed by atoms with E-state index in [9.17, 15) is 18.0 Å². The number of hydrogen-bond acceptors (Lipinski definition) is 11. The fourth-order valence-electron chi connectivity index (χ4n) is 5.13. The smallest absolute Gasteiger partial charge is 0.355 e. The van der Waals surface area contributed by atoms with Gasteiger partial charge in [0, 0.05) is 38.1 Å². The van der Waals surface area contributed by atoms with E-state index in [2.05, 4.69) is 26.5 Å². The predicted molar refractivity (Wildman–Crippen MR) is 159 cm³/mol. The summed E-state index contributed by atoms with van der Waals surface area (Å²) in [4.78, 5) is 47.0. The summed E-state index contributed by atoms with van der Waals surface area (Å²) in [5, 5.41) is -0.158. The zero-order valence-electron chi connectivity index (χ0n) is 23.4. The lowest BCUT2D eigenvalue weighted by molar-refractivity contribution is -0.126. The van der Waals surface area contributed by atoms with E-state index in [1.54, 1.807) is 11.0 Å². The summed E-state index contributed by atoms with van der Waals surface area (Å²) in [6.07, 6.45) is 3.61. The molecule has 42 heavy (non-hydrogen) atoms. The third kappa shape index (κ3) is 5.02. The second-order valence-electron chi connectivity index (χ2n) is 10.3. The van der Waals surface area contributed by atoms with E-state index in [0.29, 0.717) is 25.2 Å². The Morgan fingerprint density at radius 2 is 2.00 bits per heavy atom. The topological polar surface area (TPSA) is 157 Å². The van der Waals surface area contributed by atoms with Crippen molar-refractivity contribution in [2.45, 2.75) is 37.8 Å². The first kappa shape index (κ1) is 29.3. The third-order valence-electron chi connectivity index (χ3n) is 7.12. The van der Waals surface area contributed by atoms with Gasteiger partial charge in [0.1, 0.15) is 17.3 Å². The van der Waals surface area contributed by atoms with Gasteiger partial charge in [-0.05, 0) is 36.6 Å². The zero-order valence-corrected chi connectivity index (χ0v) is 25.0. The molecule has 1 aliphatic heterocycles. The molecule has 4 aromatic rings. The van der Waals surface area contributed by atoms with Gasteiger partial charge in [-0.25, -0.2) is 37.1 Å². The number of nitrogens with zero attached hydrogens (tertiary/aromatic N) is 7. The summed E-state index contributed by atoms with van der Waals surface area (Å²) in [7, 11) is -3.93. The largest absolute Gasteiger partial charge is 0.382 e. The van der Waals surface area contributed by atoms with Crippen molar-refractivity contribution in [2.75, 3.05) is 36.5 Å². The predicted octanol–water partition coefficient (Wildman–Crippen LogP) is 2.77. The van der Waals surface area contributed by atoms with Gasteiger partial charge in [-0.1, -0.05) is 20.4 Å². The number of amides is 1. The van der Waals surface area contributed by atoms with Crippen LogP contribution in [0.3, 0.4) is 0 Å². The zero-order chi connectivity index (χ0) is 30.5. The Morgan fingerprint density at radius 3 is 2.60 bits per heavy atom. The average molecular weight is 613 g/mol. The molecular weight excluding hydrogens is 583 g/mol. The molecule has 4 aromatic heterocycles. The Morgan fingerprint density at radius 1 is 1.26 bits per heavy atom.